The van der Waals surface area contributed by atoms with E-state index in [1.807, 2.05) is 6.07 Å². The van der Waals surface area contributed by atoms with Crippen LogP contribution in [-0.2, 0) is 11.9 Å². The molecule has 0 radical (unpaired) electrons. The summed E-state index contributed by atoms with van der Waals surface area (Å²) < 4.78 is 24.1. The summed E-state index contributed by atoms with van der Waals surface area (Å²) in [5.41, 5.74) is 2.06. The highest BCUT2D eigenvalue weighted by Gasteiger charge is 2.05. The Morgan fingerprint density at radius 3 is 2.67 bits per heavy atom. The fraction of sp³-hybridized carbons (Fsp3) is 0.188. The van der Waals surface area contributed by atoms with Crippen molar-refractivity contribution in [1.29, 1.82) is 5.26 Å². The maximum absolute atomic E-state index is 13.4. The number of benzene rings is 2. The van der Waals surface area contributed by atoms with Crippen molar-refractivity contribution in [2.45, 2.75) is 11.9 Å². The zero-order valence-corrected chi connectivity index (χ0v) is 13.0. The fourth-order valence-corrected chi connectivity index (χ4v) is 2.20. The first-order valence-electron chi connectivity index (χ1n) is 6.21. The van der Waals surface area contributed by atoms with E-state index in [0.717, 1.165) is 11.1 Å². The average molecular weight is 350 g/mol. The quantitative estimate of drug-likeness (QED) is 0.760. The second-order valence-electron chi connectivity index (χ2n) is 4.36. The molecule has 0 amide bonds. The van der Waals surface area contributed by atoms with Crippen molar-refractivity contribution >= 4 is 15.9 Å². The fourth-order valence-electron chi connectivity index (χ4n) is 1.88. The van der Waals surface area contributed by atoms with Gasteiger partial charge in [-0.05, 0) is 35.4 Å². The number of methoxy groups -OCH3 is 1. The lowest BCUT2D eigenvalue weighted by molar-refractivity contribution is 0.304. The number of ether oxygens (including phenoxy) is 2. The predicted octanol–water partition coefficient (Wildman–Crippen LogP) is 4.18. The molecule has 3 nitrogen and oxygen atoms in total. The molecular weight excluding hydrogens is 337 g/mol. The molecule has 2 aromatic carbocycles. The minimum atomic E-state index is -0.339. The highest BCUT2D eigenvalue weighted by Crippen LogP contribution is 2.22. The summed E-state index contributed by atoms with van der Waals surface area (Å²) in [4.78, 5) is 0. The number of nitrogens with zero attached hydrogens (tertiary/aromatic N) is 1. The van der Waals surface area contributed by atoms with Crippen LogP contribution in [0.15, 0.2) is 36.4 Å². The Kier molecular flexibility index (Phi) is 5.18. The summed E-state index contributed by atoms with van der Waals surface area (Å²) in [5, 5.41) is 9.60. The molecule has 0 saturated heterocycles. The van der Waals surface area contributed by atoms with Gasteiger partial charge in [-0.3, -0.25) is 0 Å². The Morgan fingerprint density at radius 2 is 2.00 bits per heavy atom. The molecule has 0 unspecified atom stereocenters. The lowest BCUT2D eigenvalue weighted by Crippen LogP contribution is -1.98. The Hall–Kier alpha value is -2.06. The van der Waals surface area contributed by atoms with Crippen LogP contribution in [0.1, 0.15) is 16.7 Å². The summed E-state index contributed by atoms with van der Waals surface area (Å²) in [6.45, 7) is 0.254. The van der Waals surface area contributed by atoms with Crippen LogP contribution in [-0.4, -0.2) is 7.11 Å². The Balaban J connectivity index is 2.13. The van der Waals surface area contributed by atoms with Gasteiger partial charge in [0.2, 0.25) is 0 Å². The van der Waals surface area contributed by atoms with Crippen LogP contribution < -0.4 is 9.47 Å². The van der Waals surface area contributed by atoms with Crippen LogP contribution >= 0.6 is 15.9 Å². The van der Waals surface area contributed by atoms with Crippen LogP contribution in [0, 0.1) is 17.1 Å². The highest BCUT2D eigenvalue weighted by molar-refractivity contribution is 9.08. The van der Waals surface area contributed by atoms with Gasteiger partial charge >= 0.3 is 0 Å². The standard InChI is InChI=1S/C16H13BrFNO2/c1-20-16-3-2-11(4-13(16)9-19)10-21-15-6-12(8-17)5-14(18)7-15/h2-7H,8,10H2,1H3. The third kappa shape index (κ3) is 3.96. The molecular formula is C16H13BrFNO2. The number of alkyl halides is 1. The van der Waals surface area contributed by atoms with Crippen molar-refractivity contribution in [3.8, 4) is 17.6 Å². The number of rotatable bonds is 5. The lowest BCUT2D eigenvalue weighted by atomic mass is 10.1. The Labute approximate surface area is 131 Å². The van der Waals surface area contributed by atoms with Crippen molar-refractivity contribution in [2.24, 2.45) is 0 Å². The number of hydrogen-bond donors (Lipinski definition) is 0. The first-order valence-corrected chi connectivity index (χ1v) is 7.33. The molecule has 0 heterocycles. The average Bonchev–Trinajstić information content (AvgIpc) is 2.52. The first-order chi connectivity index (χ1) is 10.2. The van der Waals surface area contributed by atoms with E-state index in [0.29, 0.717) is 22.4 Å². The highest BCUT2D eigenvalue weighted by atomic mass is 79.9. The van der Waals surface area contributed by atoms with Crippen molar-refractivity contribution < 1.29 is 13.9 Å². The van der Waals surface area contributed by atoms with Gasteiger partial charge in [-0.2, -0.15) is 5.26 Å². The van der Waals surface area contributed by atoms with Gasteiger partial charge in [-0.1, -0.05) is 22.0 Å². The van der Waals surface area contributed by atoms with Crippen molar-refractivity contribution in [3.63, 3.8) is 0 Å². The van der Waals surface area contributed by atoms with Gasteiger partial charge in [0.15, 0.2) is 0 Å². The predicted molar refractivity (Wildman–Crippen MR) is 81.1 cm³/mol. The van der Waals surface area contributed by atoms with Gasteiger partial charge in [0.05, 0.1) is 12.7 Å². The molecule has 0 bridgehead atoms. The monoisotopic (exact) mass is 349 g/mol. The topological polar surface area (TPSA) is 42.2 Å². The molecule has 0 N–H and O–H groups in total. The van der Waals surface area contributed by atoms with Crippen LogP contribution in [0.3, 0.4) is 0 Å². The summed E-state index contributed by atoms with van der Waals surface area (Å²) in [5.74, 6) is 0.641. The van der Waals surface area contributed by atoms with E-state index < -0.39 is 0 Å². The molecule has 2 rings (SSSR count). The van der Waals surface area contributed by atoms with E-state index in [1.165, 1.54) is 19.2 Å². The molecule has 0 saturated carbocycles. The van der Waals surface area contributed by atoms with E-state index in [2.05, 4.69) is 22.0 Å². The molecule has 0 aliphatic carbocycles. The molecule has 0 aromatic heterocycles. The van der Waals surface area contributed by atoms with Crippen LogP contribution in [0.5, 0.6) is 11.5 Å². The van der Waals surface area contributed by atoms with Gasteiger partial charge < -0.3 is 9.47 Å². The van der Waals surface area contributed by atoms with E-state index in [4.69, 9.17) is 14.7 Å². The van der Waals surface area contributed by atoms with Gasteiger partial charge in [0, 0.05) is 11.4 Å². The zero-order valence-electron chi connectivity index (χ0n) is 11.4. The lowest BCUT2D eigenvalue weighted by Gasteiger charge is -2.09. The number of nitriles is 1. The van der Waals surface area contributed by atoms with Gasteiger partial charge in [-0.15, -0.1) is 0 Å². The van der Waals surface area contributed by atoms with Gasteiger partial charge in [0.1, 0.15) is 30.0 Å². The summed E-state index contributed by atoms with van der Waals surface area (Å²) in [6.07, 6.45) is 0. The molecule has 5 heteroatoms. The summed E-state index contributed by atoms with van der Waals surface area (Å²) in [6, 6.07) is 11.8. The summed E-state index contributed by atoms with van der Waals surface area (Å²) >= 11 is 3.28. The van der Waals surface area contributed by atoms with Crippen molar-refractivity contribution in [3.05, 3.63) is 58.9 Å². The molecule has 0 aliphatic rings. The smallest absolute Gasteiger partial charge is 0.136 e. The Bertz CT molecular complexity index is 682. The maximum atomic E-state index is 13.4. The number of halogens is 2. The Morgan fingerprint density at radius 1 is 1.19 bits per heavy atom. The second kappa shape index (κ2) is 7.09. The van der Waals surface area contributed by atoms with Gasteiger partial charge in [0.25, 0.3) is 0 Å². The molecule has 21 heavy (non-hydrogen) atoms. The van der Waals surface area contributed by atoms with Crippen LogP contribution in [0.2, 0.25) is 0 Å². The molecule has 0 aliphatic heterocycles. The second-order valence-corrected chi connectivity index (χ2v) is 4.92. The molecule has 0 atom stereocenters. The zero-order chi connectivity index (χ0) is 15.2. The van der Waals surface area contributed by atoms with Crippen LogP contribution in [0.4, 0.5) is 4.39 Å². The third-order valence-corrected chi connectivity index (χ3v) is 3.52. The third-order valence-electron chi connectivity index (χ3n) is 2.88. The molecule has 0 fully saturated rings. The summed E-state index contributed by atoms with van der Waals surface area (Å²) in [7, 11) is 1.51. The van der Waals surface area contributed by atoms with E-state index in [-0.39, 0.29) is 12.4 Å². The molecule has 108 valence electrons. The van der Waals surface area contributed by atoms with E-state index >= 15 is 0 Å². The molecule has 0 spiro atoms. The van der Waals surface area contributed by atoms with Gasteiger partial charge in [-0.25, -0.2) is 4.39 Å². The van der Waals surface area contributed by atoms with Crippen molar-refractivity contribution in [1.82, 2.24) is 0 Å². The van der Waals surface area contributed by atoms with E-state index in [9.17, 15) is 4.39 Å². The minimum Gasteiger partial charge on any atom is -0.495 e. The SMILES string of the molecule is COc1ccc(COc2cc(F)cc(CBr)c2)cc1C#N. The molecule has 2 aromatic rings. The number of hydrogen-bond acceptors (Lipinski definition) is 3. The van der Waals surface area contributed by atoms with Crippen LogP contribution in [0.25, 0.3) is 0 Å². The maximum Gasteiger partial charge on any atom is 0.136 e. The normalized spacial score (nSPS) is 10.0. The first kappa shape index (κ1) is 15.3. The largest absolute Gasteiger partial charge is 0.495 e. The van der Waals surface area contributed by atoms with E-state index in [1.54, 1.807) is 18.2 Å². The van der Waals surface area contributed by atoms with Crippen molar-refractivity contribution in [2.75, 3.05) is 7.11 Å². The minimum absolute atomic E-state index is 0.254.